The molecule has 4 aliphatic carbocycles. The second kappa shape index (κ2) is 13.4. The first kappa shape index (κ1) is 33.7. The van der Waals surface area contributed by atoms with Gasteiger partial charge in [-0.15, -0.1) is 0 Å². The van der Waals surface area contributed by atoms with Crippen LogP contribution in [0.3, 0.4) is 0 Å². The summed E-state index contributed by atoms with van der Waals surface area (Å²) >= 11 is 0. The molecule has 4 fully saturated rings. The van der Waals surface area contributed by atoms with Crippen LogP contribution in [0.5, 0.6) is 0 Å². The lowest BCUT2D eigenvalue weighted by Gasteiger charge is -2.57. The first-order valence-corrected chi connectivity index (χ1v) is 21.3. The van der Waals surface area contributed by atoms with Crippen molar-refractivity contribution in [2.24, 2.45) is 17.8 Å². The fraction of sp³-hybridized carbons (Fsp3) is 0.179. The van der Waals surface area contributed by atoms with Crippen LogP contribution in [0.4, 0.5) is 17.1 Å². The molecule has 0 saturated heterocycles. The molecular weight excluding hydrogens is 701 g/mol. The molecule has 2 nitrogen and oxygen atoms in total. The number of rotatable bonds is 7. The summed E-state index contributed by atoms with van der Waals surface area (Å²) < 4.78 is 2.38. The number of benzene rings is 8. The summed E-state index contributed by atoms with van der Waals surface area (Å²) in [5, 5.41) is 5.11. The molecule has 4 saturated carbocycles. The average molecular weight is 747 g/mol. The Morgan fingerprint density at radius 2 is 0.828 bits per heavy atom. The molecule has 4 bridgehead atoms. The standard InChI is InChI=1S/C56H46N2/c1-2-8-45-34-46(14-13-41(45)7-1)44-19-25-49(26-20-44)57(50-29-21-47(22-30-50)56-35-38-31-39(36-56)33-40(32-38)37-56)48-23-15-42(16-24-48)43-17-27-51(28-18-43)58-54-11-5-3-9-52(54)53-10-4-6-12-55(53)58/h1-30,34,38-40H,31-33,35-37H2. The van der Waals surface area contributed by atoms with E-state index in [9.17, 15) is 0 Å². The van der Waals surface area contributed by atoms with E-state index in [0.29, 0.717) is 5.41 Å². The molecule has 9 aromatic rings. The van der Waals surface area contributed by atoms with E-state index >= 15 is 0 Å². The molecule has 4 aliphatic rings. The van der Waals surface area contributed by atoms with E-state index in [2.05, 4.69) is 198 Å². The molecule has 2 heteroatoms. The Bertz CT molecular complexity index is 2860. The van der Waals surface area contributed by atoms with Gasteiger partial charge in [-0.25, -0.2) is 0 Å². The lowest BCUT2D eigenvalue weighted by atomic mass is 9.48. The summed E-state index contributed by atoms with van der Waals surface area (Å²) in [4.78, 5) is 2.43. The normalized spacial score (nSPS) is 20.9. The van der Waals surface area contributed by atoms with Gasteiger partial charge in [0.2, 0.25) is 0 Å². The smallest absolute Gasteiger partial charge is 0.0541 e. The van der Waals surface area contributed by atoms with Crippen LogP contribution in [0.15, 0.2) is 188 Å². The number of hydrogen-bond donors (Lipinski definition) is 0. The number of anilines is 3. The number of fused-ring (bicyclic) bond motifs is 4. The van der Waals surface area contributed by atoms with Crippen LogP contribution in [0.25, 0.3) is 60.5 Å². The highest BCUT2D eigenvalue weighted by Gasteiger charge is 2.51. The van der Waals surface area contributed by atoms with Gasteiger partial charge < -0.3 is 9.47 Å². The molecule has 280 valence electrons. The maximum atomic E-state index is 2.48. The van der Waals surface area contributed by atoms with Gasteiger partial charge in [0.15, 0.2) is 0 Å². The molecule has 0 atom stereocenters. The van der Waals surface area contributed by atoms with Crippen molar-refractivity contribution in [3.8, 4) is 27.9 Å². The predicted molar refractivity (Wildman–Crippen MR) is 244 cm³/mol. The lowest BCUT2D eigenvalue weighted by molar-refractivity contribution is -0.00518. The summed E-state index contributed by atoms with van der Waals surface area (Å²) in [6, 6.07) is 69.9. The Kier molecular flexibility index (Phi) is 7.76. The highest BCUT2D eigenvalue weighted by Crippen LogP contribution is 2.61. The van der Waals surface area contributed by atoms with Crippen LogP contribution >= 0.6 is 0 Å². The van der Waals surface area contributed by atoms with Gasteiger partial charge in [0.25, 0.3) is 0 Å². The van der Waals surface area contributed by atoms with Crippen molar-refractivity contribution in [3.05, 3.63) is 194 Å². The molecule has 0 spiro atoms. The van der Waals surface area contributed by atoms with E-state index < -0.39 is 0 Å². The van der Waals surface area contributed by atoms with Crippen molar-refractivity contribution in [1.29, 1.82) is 0 Å². The van der Waals surface area contributed by atoms with Crippen LogP contribution in [0.2, 0.25) is 0 Å². The Labute approximate surface area is 341 Å². The van der Waals surface area contributed by atoms with Crippen molar-refractivity contribution < 1.29 is 0 Å². The van der Waals surface area contributed by atoms with E-state index in [0.717, 1.165) is 29.1 Å². The monoisotopic (exact) mass is 746 g/mol. The van der Waals surface area contributed by atoms with Crippen molar-refractivity contribution in [3.63, 3.8) is 0 Å². The third kappa shape index (κ3) is 5.61. The molecule has 1 heterocycles. The van der Waals surface area contributed by atoms with Gasteiger partial charge in [-0.3, -0.25) is 0 Å². The van der Waals surface area contributed by atoms with Crippen molar-refractivity contribution in [1.82, 2.24) is 4.57 Å². The highest BCUT2D eigenvalue weighted by atomic mass is 15.1. The zero-order chi connectivity index (χ0) is 38.2. The van der Waals surface area contributed by atoms with Crippen molar-refractivity contribution >= 4 is 49.6 Å². The predicted octanol–water partition coefficient (Wildman–Crippen LogP) is 15.2. The molecule has 0 aliphatic heterocycles. The summed E-state index contributed by atoms with van der Waals surface area (Å²) in [5.41, 5.74) is 14.0. The molecule has 13 rings (SSSR count). The SMILES string of the molecule is c1ccc2cc(-c3ccc(N(c4ccc(-c5ccc(-n6c7ccccc7c7ccccc76)cc5)cc4)c4ccc(C56CC7CC(CC(C7)C5)C6)cc4)cc3)ccc2c1. The lowest BCUT2D eigenvalue weighted by Crippen LogP contribution is -2.48. The Hall–Kier alpha value is -6.38. The minimum Gasteiger partial charge on any atom is -0.311 e. The van der Waals surface area contributed by atoms with Crippen LogP contribution in [-0.4, -0.2) is 4.57 Å². The Morgan fingerprint density at radius 3 is 1.38 bits per heavy atom. The van der Waals surface area contributed by atoms with E-state index in [1.165, 1.54) is 105 Å². The maximum absolute atomic E-state index is 2.48. The maximum Gasteiger partial charge on any atom is 0.0541 e. The third-order valence-electron chi connectivity index (χ3n) is 14.1. The van der Waals surface area contributed by atoms with Crippen LogP contribution in [0, 0.1) is 17.8 Å². The third-order valence-corrected chi connectivity index (χ3v) is 14.1. The number of para-hydroxylation sites is 2. The molecular formula is C56H46N2. The van der Waals surface area contributed by atoms with Crippen LogP contribution < -0.4 is 4.90 Å². The average Bonchev–Trinajstić information content (AvgIpc) is 3.61. The second-order valence-electron chi connectivity index (χ2n) is 17.7. The minimum absolute atomic E-state index is 0.387. The fourth-order valence-electron chi connectivity index (χ4n) is 11.9. The zero-order valence-corrected chi connectivity index (χ0v) is 32.8. The molecule has 58 heavy (non-hydrogen) atoms. The number of aromatic nitrogens is 1. The van der Waals surface area contributed by atoms with Crippen molar-refractivity contribution in [2.45, 2.75) is 43.9 Å². The quantitative estimate of drug-likeness (QED) is 0.158. The molecule has 0 radical (unpaired) electrons. The molecule has 1 aromatic heterocycles. The Balaban J connectivity index is 0.883. The van der Waals surface area contributed by atoms with Gasteiger partial charge in [0.05, 0.1) is 11.0 Å². The minimum atomic E-state index is 0.387. The number of nitrogens with zero attached hydrogens (tertiary/aromatic N) is 2. The van der Waals surface area contributed by atoms with E-state index in [-0.39, 0.29) is 0 Å². The molecule has 0 unspecified atom stereocenters. The van der Waals surface area contributed by atoms with Crippen LogP contribution in [0.1, 0.15) is 44.1 Å². The number of hydrogen-bond acceptors (Lipinski definition) is 1. The zero-order valence-electron chi connectivity index (χ0n) is 32.8. The highest BCUT2D eigenvalue weighted by molar-refractivity contribution is 6.09. The van der Waals surface area contributed by atoms with E-state index in [1.54, 1.807) is 5.56 Å². The summed E-state index contributed by atoms with van der Waals surface area (Å²) in [6.07, 6.45) is 8.59. The van der Waals surface area contributed by atoms with Gasteiger partial charge in [0, 0.05) is 33.5 Å². The van der Waals surface area contributed by atoms with Crippen molar-refractivity contribution in [2.75, 3.05) is 4.90 Å². The van der Waals surface area contributed by atoms with Gasteiger partial charge in [-0.05, 0) is 167 Å². The second-order valence-corrected chi connectivity index (χ2v) is 17.7. The molecule has 0 amide bonds. The fourth-order valence-corrected chi connectivity index (χ4v) is 11.9. The van der Waals surface area contributed by atoms with E-state index in [1.807, 2.05) is 0 Å². The van der Waals surface area contributed by atoms with Gasteiger partial charge >= 0.3 is 0 Å². The molecule has 0 N–H and O–H groups in total. The first-order valence-electron chi connectivity index (χ1n) is 21.3. The van der Waals surface area contributed by atoms with Gasteiger partial charge in [-0.1, -0.05) is 121 Å². The van der Waals surface area contributed by atoms with E-state index in [4.69, 9.17) is 0 Å². The molecule has 8 aromatic carbocycles. The van der Waals surface area contributed by atoms with Gasteiger partial charge in [-0.2, -0.15) is 0 Å². The summed E-state index contributed by atoms with van der Waals surface area (Å²) in [5.74, 6) is 2.81. The first-order chi connectivity index (χ1) is 28.6. The summed E-state index contributed by atoms with van der Waals surface area (Å²) in [7, 11) is 0. The largest absolute Gasteiger partial charge is 0.311 e. The van der Waals surface area contributed by atoms with Crippen LogP contribution in [-0.2, 0) is 5.41 Å². The topological polar surface area (TPSA) is 8.17 Å². The Morgan fingerprint density at radius 1 is 0.397 bits per heavy atom. The van der Waals surface area contributed by atoms with Gasteiger partial charge in [0.1, 0.15) is 0 Å². The summed E-state index contributed by atoms with van der Waals surface area (Å²) in [6.45, 7) is 0.